The lowest BCUT2D eigenvalue weighted by molar-refractivity contribution is -0.130. The van der Waals surface area contributed by atoms with Gasteiger partial charge >= 0.3 is 0 Å². The Kier molecular flexibility index (Phi) is 10.3. The summed E-state index contributed by atoms with van der Waals surface area (Å²) in [4.78, 5) is 26.7. The number of benzene rings is 2. The molecule has 0 aliphatic carbocycles. The number of aromatic nitrogens is 1. The molecule has 2 aliphatic heterocycles. The summed E-state index contributed by atoms with van der Waals surface area (Å²) in [5.41, 5.74) is 2.96. The number of pyridine rings is 1. The SMILES string of the molecule is CN(CCc1ccccn1)C(=O)CC[C@H]1CN(Cc2ccc(Cl)cc2)CC[C@H]1N1CCN(c2ccccc2F)CC1. The highest BCUT2D eigenvalue weighted by molar-refractivity contribution is 6.30. The summed E-state index contributed by atoms with van der Waals surface area (Å²) in [6.07, 6.45) is 5.04. The number of likely N-dealkylation sites (tertiary alicyclic amines) is 1. The minimum Gasteiger partial charge on any atom is -0.367 e. The molecule has 0 bridgehead atoms. The molecule has 2 aliphatic rings. The molecule has 0 saturated carbocycles. The van der Waals surface area contributed by atoms with Gasteiger partial charge < -0.3 is 9.80 Å². The van der Waals surface area contributed by atoms with E-state index in [4.69, 9.17) is 11.6 Å². The highest BCUT2D eigenvalue weighted by atomic mass is 35.5. The topological polar surface area (TPSA) is 42.9 Å². The molecule has 2 fully saturated rings. The minimum atomic E-state index is -0.153. The van der Waals surface area contributed by atoms with Gasteiger partial charge in [-0.3, -0.25) is 19.6 Å². The molecule has 0 N–H and O–H groups in total. The summed E-state index contributed by atoms with van der Waals surface area (Å²) in [5.74, 6) is 0.433. The molecule has 8 heteroatoms. The first-order valence-corrected chi connectivity index (χ1v) is 15.2. The van der Waals surface area contributed by atoms with Crippen molar-refractivity contribution >= 4 is 23.2 Å². The van der Waals surface area contributed by atoms with Crippen molar-refractivity contribution in [2.24, 2.45) is 5.92 Å². The largest absolute Gasteiger partial charge is 0.367 e. The molecule has 1 aromatic heterocycles. The van der Waals surface area contributed by atoms with Gasteiger partial charge in [0.25, 0.3) is 0 Å². The van der Waals surface area contributed by atoms with Gasteiger partial charge in [0, 0.05) is 88.7 Å². The van der Waals surface area contributed by atoms with E-state index in [-0.39, 0.29) is 11.7 Å². The number of hydrogen-bond donors (Lipinski definition) is 0. The van der Waals surface area contributed by atoms with Gasteiger partial charge in [0.2, 0.25) is 5.91 Å². The van der Waals surface area contributed by atoms with Crippen molar-refractivity contribution in [2.45, 2.75) is 38.3 Å². The van der Waals surface area contributed by atoms with Crippen molar-refractivity contribution in [3.05, 3.63) is 95.0 Å². The van der Waals surface area contributed by atoms with E-state index in [1.807, 2.05) is 54.4 Å². The van der Waals surface area contributed by atoms with Gasteiger partial charge in [0.15, 0.2) is 0 Å². The second kappa shape index (κ2) is 14.3. The maximum atomic E-state index is 14.4. The van der Waals surface area contributed by atoms with Gasteiger partial charge in [0.05, 0.1) is 5.69 Å². The number of nitrogens with zero attached hydrogens (tertiary/aromatic N) is 5. The van der Waals surface area contributed by atoms with E-state index >= 15 is 0 Å². The quantitative estimate of drug-likeness (QED) is 0.324. The zero-order chi connectivity index (χ0) is 28.6. The Morgan fingerprint density at radius 1 is 1.00 bits per heavy atom. The third kappa shape index (κ3) is 8.06. The lowest BCUT2D eigenvalue weighted by atomic mass is 9.86. The van der Waals surface area contributed by atoms with Crippen LogP contribution in [0, 0.1) is 11.7 Å². The van der Waals surface area contributed by atoms with E-state index in [1.165, 1.54) is 5.56 Å². The maximum absolute atomic E-state index is 14.4. The number of anilines is 1. The van der Waals surface area contributed by atoms with Crippen LogP contribution in [0.4, 0.5) is 10.1 Å². The molecule has 3 heterocycles. The Bertz CT molecular complexity index is 1250. The van der Waals surface area contributed by atoms with Crippen LogP contribution < -0.4 is 4.90 Å². The van der Waals surface area contributed by atoms with Crippen molar-refractivity contribution in [2.75, 3.05) is 57.8 Å². The van der Waals surface area contributed by atoms with Crippen molar-refractivity contribution in [3.8, 4) is 0 Å². The van der Waals surface area contributed by atoms with Gasteiger partial charge in [-0.05, 0) is 67.3 Å². The Morgan fingerprint density at radius 2 is 1.76 bits per heavy atom. The Hall–Kier alpha value is -3.00. The fraction of sp³-hybridized carbons (Fsp3) is 0.455. The zero-order valence-electron chi connectivity index (χ0n) is 24.0. The van der Waals surface area contributed by atoms with Gasteiger partial charge in [0.1, 0.15) is 5.82 Å². The monoisotopic (exact) mass is 577 g/mol. The number of piperidine rings is 1. The van der Waals surface area contributed by atoms with Crippen LogP contribution in [0.1, 0.15) is 30.5 Å². The second-order valence-electron chi connectivity index (χ2n) is 11.4. The van der Waals surface area contributed by atoms with Crippen molar-refractivity contribution < 1.29 is 9.18 Å². The third-order valence-corrected chi connectivity index (χ3v) is 8.91. The molecule has 41 heavy (non-hydrogen) atoms. The van der Waals surface area contributed by atoms with Gasteiger partial charge in [-0.25, -0.2) is 4.39 Å². The van der Waals surface area contributed by atoms with E-state index in [0.717, 1.165) is 75.8 Å². The lowest BCUT2D eigenvalue weighted by Crippen LogP contribution is -2.56. The molecular formula is C33H41ClFN5O. The molecular weight excluding hydrogens is 537 g/mol. The van der Waals surface area contributed by atoms with E-state index in [0.29, 0.717) is 30.6 Å². The minimum absolute atomic E-state index is 0.153. The number of carbonyl (C=O) groups is 1. The smallest absolute Gasteiger partial charge is 0.222 e. The third-order valence-electron chi connectivity index (χ3n) is 8.66. The highest BCUT2D eigenvalue weighted by Crippen LogP contribution is 2.30. The van der Waals surface area contributed by atoms with Gasteiger partial charge in [-0.1, -0.05) is 41.9 Å². The molecule has 2 saturated heterocycles. The molecule has 0 unspecified atom stereocenters. The summed E-state index contributed by atoms with van der Waals surface area (Å²) in [6, 6.07) is 21.5. The molecule has 5 rings (SSSR count). The molecule has 218 valence electrons. The normalized spacial score (nSPS) is 20.2. The molecule has 0 spiro atoms. The van der Waals surface area contributed by atoms with E-state index in [2.05, 4.69) is 31.8 Å². The van der Waals surface area contributed by atoms with E-state index < -0.39 is 0 Å². The average Bonchev–Trinajstić information content (AvgIpc) is 3.01. The molecule has 2 aromatic carbocycles. The molecule has 2 atom stereocenters. The van der Waals surface area contributed by atoms with Crippen LogP contribution in [0.3, 0.4) is 0 Å². The summed E-state index contributed by atoms with van der Waals surface area (Å²) in [7, 11) is 1.90. The molecule has 0 radical (unpaired) electrons. The fourth-order valence-corrected chi connectivity index (χ4v) is 6.43. The second-order valence-corrected chi connectivity index (χ2v) is 11.8. The number of para-hydroxylation sites is 1. The Labute approximate surface area is 248 Å². The predicted molar refractivity (Wildman–Crippen MR) is 164 cm³/mol. The number of halogens is 2. The summed E-state index contributed by atoms with van der Waals surface area (Å²) >= 11 is 6.11. The number of amides is 1. The van der Waals surface area contributed by atoms with Crippen LogP contribution in [0.5, 0.6) is 0 Å². The van der Waals surface area contributed by atoms with Crippen LogP contribution in [0.2, 0.25) is 5.02 Å². The summed E-state index contributed by atoms with van der Waals surface area (Å²) in [5, 5.41) is 0.755. The predicted octanol–water partition coefficient (Wildman–Crippen LogP) is 5.37. The molecule has 1 amide bonds. The van der Waals surface area contributed by atoms with Crippen molar-refractivity contribution in [1.29, 1.82) is 0 Å². The first-order chi connectivity index (χ1) is 20.0. The first kappa shape index (κ1) is 29.5. The molecule has 3 aromatic rings. The van der Waals surface area contributed by atoms with Crippen LogP contribution in [-0.4, -0.2) is 84.5 Å². The Balaban J connectivity index is 1.20. The van der Waals surface area contributed by atoms with Crippen LogP contribution >= 0.6 is 11.6 Å². The van der Waals surface area contributed by atoms with E-state index in [1.54, 1.807) is 18.3 Å². The van der Waals surface area contributed by atoms with Crippen LogP contribution in [0.25, 0.3) is 0 Å². The number of rotatable bonds is 10. The Morgan fingerprint density at radius 3 is 2.49 bits per heavy atom. The van der Waals surface area contributed by atoms with Gasteiger partial charge in [-0.15, -0.1) is 0 Å². The molecule has 6 nitrogen and oxygen atoms in total. The zero-order valence-corrected chi connectivity index (χ0v) is 24.7. The standard InChI is InChI=1S/C33H41ClFN5O/c1-37(18-15-29-6-4-5-17-36-29)33(41)14-11-27-25-38(24-26-9-12-28(34)13-10-26)19-16-31(27)39-20-22-40(23-21-39)32-8-3-2-7-30(32)35/h2-10,12-13,17,27,31H,11,14-16,18-25H2,1H3/t27-,31+/m0/s1. The number of carbonyl (C=O) groups excluding carboxylic acids is 1. The lowest BCUT2D eigenvalue weighted by Gasteiger charge is -2.47. The first-order valence-electron chi connectivity index (χ1n) is 14.8. The summed E-state index contributed by atoms with van der Waals surface area (Å²) < 4.78 is 14.4. The fourth-order valence-electron chi connectivity index (χ4n) is 6.31. The van der Waals surface area contributed by atoms with Crippen LogP contribution in [-0.2, 0) is 17.8 Å². The van der Waals surface area contributed by atoms with E-state index in [9.17, 15) is 9.18 Å². The van der Waals surface area contributed by atoms with Gasteiger partial charge in [-0.2, -0.15) is 0 Å². The average molecular weight is 578 g/mol. The summed E-state index contributed by atoms with van der Waals surface area (Å²) in [6.45, 7) is 6.99. The number of likely N-dealkylation sites (N-methyl/N-ethyl adjacent to an activating group) is 1. The number of piperazine rings is 1. The maximum Gasteiger partial charge on any atom is 0.222 e. The van der Waals surface area contributed by atoms with Crippen molar-refractivity contribution in [1.82, 2.24) is 19.7 Å². The van der Waals surface area contributed by atoms with Crippen LogP contribution in [0.15, 0.2) is 72.9 Å². The number of hydrogen-bond acceptors (Lipinski definition) is 5. The van der Waals surface area contributed by atoms with Crippen molar-refractivity contribution in [3.63, 3.8) is 0 Å². The highest BCUT2D eigenvalue weighted by Gasteiger charge is 2.35.